The van der Waals surface area contributed by atoms with Crippen molar-refractivity contribution < 1.29 is 19.1 Å². The van der Waals surface area contributed by atoms with E-state index in [9.17, 15) is 14.4 Å². The Bertz CT molecular complexity index is 522. The molecule has 5 heteroatoms. The van der Waals surface area contributed by atoms with Gasteiger partial charge in [-0.2, -0.15) is 0 Å². The lowest BCUT2D eigenvalue weighted by atomic mass is 10.0. The van der Waals surface area contributed by atoms with Crippen molar-refractivity contribution in [3.63, 3.8) is 0 Å². The van der Waals surface area contributed by atoms with Crippen LogP contribution in [0.3, 0.4) is 0 Å². The maximum absolute atomic E-state index is 11.8. The summed E-state index contributed by atoms with van der Waals surface area (Å²) in [5.41, 5.74) is 0.966. The first-order valence-electron chi connectivity index (χ1n) is 7.06. The molecule has 1 saturated carbocycles. The van der Waals surface area contributed by atoms with Gasteiger partial charge in [-0.05, 0) is 31.7 Å². The molecule has 1 aliphatic carbocycles. The second kappa shape index (κ2) is 7.02. The number of rotatable bonds is 7. The molecule has 0 aliphatic heterocycles. The van der Waals surface area contributed by atoms with Crippen LogP contribution in [0.1, 0.15) is 25.3 Å². The molecule has 1 aromatic rings. The van der Waals surface area contributed by atoms with Gasteiger partial charge < -0.3 is 10.1 Å². The number of esters is 1. The van der Waals surface area contributed by atoms with E-state index in [1.54, 1.807) is 0 Å². The number of hydrogen-bond acceptors (Lipinski definition) is 4. The molecule has 0 spiro atoms. The second-order valence-electron chi connectivity index (χ2n) is 5.30. The van der Waals surface area contributed by atoms with Gasteiger partial charge in [0.15, 0.2) is 12.4 Å². The molecule has 0 heterocycles. The number of amides is 1. The van der Waals surface area contributed by atoms with Crippen LogP contribution in [0.2, 0.25) is 0 Å². The molecule has 1 aliphatic rings. The lowest BCUT2D eigenvalue weighted by Crippen LogP contribution is -2.43. The number of Topliss-reactive ketones (excluding diaryl/α,β-unsaturated/α-hetero) is 1. The molecule has 1 aromatic carbocycles. The molecular weight excluding hydrogens is 270 g/mol. The predicted octanol–water partition coefficient (Wildman–Crippen LogP) is 1.26. The zero-order valence-electron chi connectivity index (χ0n) is 12.0. The molecule has 2 rings (SSSR count). The van der Waals surface area contributed by atoms with Gasteiger partial charge in [-0.25, -0.2) is 0 Å². The van der Waals surface area contributed by atoms with Crippen molar-refractivity contribution in [2.24, 2.45) is 5.92 Å². The van der Waals surface area contributed by atoms with E-state index >= 15 is 0 Å². The fraction of sp³-hybridized carbons (Fsp3) is 0.438. The third-order valence-corrected chi connectivity index (χ3v) is 3.36. The van der Waals surface area contributed by atoms with Crippen LogP contribution in [0.15, 0.2) is 30.3 Å². The Hall–Kier alpha value is -2.17. The highest BCUT2D eigenvalue weighted by molar-refractivity contribution is 5.89. The predicted molar refractivity (Wildman–Crippen MR) is 76.4 cm³/mol. The highest BCUT2D eigenvalue weighted by atomic mass is 16.5. The zero-order valence-corrected chi connectivity index (χ0v) is 12.0. The first-order chi connectivity index (χ1) is 10.1. The maximum Gasteiger partial charge on any atom is 0.309 e. The van der Waals surface area contributed by atoms with Crippen molar-refractivity contribution >= 4 is 17.7 Å². The lowest BCUT2D eigenvalue weighted by molar-refractivity contribution is -0.150. The number of carbonyl (C=O) groups is 3. The summed E-state index contributed by atoms with van der Waals surface area (Å²) in [5.74, 6) is -0.931. The molecule has 21 heavy (non-hydrogen) atoms. The van der Waals surface area contributed by atoms with Crippen LogP contribution in [-0.4, -0.2) is 30.3 Å². The molecule has 1 N–H and O–H groups in total. The Kier molecular flexibility index (Phi) is 5.09. The van der Waals surface area contributed by atoms with Crippen LogP contribution in [0.5, 0.6) is 0 Å². The van der Waals surface area contributed by atoms with E-state index in [1.807, 2.05) is 30.3 Å². The molecule has 0 unspecified atom stereocenters. The summed E-state index contributed by atoms with van der Waals surface area (Å²) in [5, 5.41) is 2.61. The first kappa shape index (κ1) is 15.2. The minimum atomic E-state index is -0.598. The molecule has 1 amide bonds. The summed E-state index contributed by atoms with van der Waals surface area (Å²) in [7, 11) is 0. The van der Waals surface area contributed by atoms with E-state index in [-0.39, 0.29) is 24.3 Å². The Labute approximate surface area is 123 Å². The number of nitrogens with one attached hydrogen (secondary N) is 1. The second-order valence-corrected chi connectivity index (χ2v) is 5.30. The molecular formula is C16H19NO4. The van der Waals surface area contributed by atoms with Gasteiger partial charge in [-0.15, -0.1) is 0 Å². The zero-order chi connectivity index (χ0) is 15.2. The fourth-order valence-corrected chi connectivity index (χ4v) is 1.96. The van der Waals surface area contributed by atoms with E-state index in [1.165, 1.54) is 6.92 Å². The molecule has 5 nitrogen and oxygen atoms in total. The monoisotopic (exact) mass is 289 g/mol. The number of carbonyl (C=O) groups excluding carboxylic acids is 3. The minimum absolute atomic E-state index is 0.0364. The van der Waals surface area contributed by atoms with Crippen molar-refractivity contribution in [2.75, 3.05) is 6.61 Å². The third-order valence-electron chi connectivity index (χ3n) is 3.36. The molecule has 1 atom stereocenters. The highest BCUT2D eigenvalue weighted by Crippen LogP contribution is 2.29. The van der Waals surface area contributed by atoms with Gasteiger partial charge in [0.1, 0.15) is 0 Å². The number of ketones is 1. The summed E-state index contributed by atoms with van der Waals surface area (Å²) in [6.45, 7) is 1.11. The Morgan fingerprint density at radius 2 is 1.90 bits per heavy atom. The van der Waals surface area contributed by atoms with Crippen molar-refractivity contribution in [1.29, 1.82) is 0 Å². The van der Waals surface area contributed by atoms with Gasteiger partial charge in [0.2, 0.25) is 0 Å². The van der Waals surface area contributed by atoms with Crippen molar-refractivity contribution in [1.82, 2.24) is 5.32 Å². The number of hydrogen-bond donors (Lipinski definition) is 1. The summed E-state index contributed by atoms with van der Waals surface area (Å²) < 4.78 is 4.90. The van der Waals surface area contributed by atoms with Gasteiger partial charge in [-0.3, -0.25) is 14.4 Å². The van der Waals surface area contributed by atoms with Crippen LogP contribution >= 0.6 is 0 Å². The number of benzene rings is 1. The standard InChI is InChI=1S/C16H19NO4/c1-11(18)14(9-12-5-3-2-4-6-12)17-15(19)10-21-16(20)13-7-8-13/h2-6,13-14H,7-10H2,1H3,(H,17,19)/t14-/m1/s1. The van der Waals surface area contributed by atoms with Gasteiger partial charge >= 0.3 is 5.97 Å². The minimum Gasteiger partial charge on any atom is -0.455 e. The van der Waals surface area contributed by atoms with Crippen LogP contribution < -0.4 is 5.32 Å². The molecule has 0 radical (unpaired) electrons. The average molecular weight is 289 g/mol. The van der Waals surface area contributed by atoms with Crippen molar-refractivity contribution in [2.45, 2.75) is 32.2 Å². The van der Waals surface area contributed by atoms with Gasteiger partial charge in [0.05, 0.1) is 12.0 Å². The summed E-state index contributed by atoms with van der Waals surface area (Å²) in [6, 6.07) is 8.85. The maximum atomic E-state index is 11.8. The van der Waals surface area contributed by atoms with Crippen molar-refractivity contribution in [3.8, 4) is 0 Å². The fourth-order valence-electron chi connectivity index (χ4n) is 1.96. The Balaban J connectivity index is 1.82. The highest BCUT2D eigenvalue weighted by Gasteiger charge is 2.31. The Morgan fingerprint density at radius 1 is 1.24 bits per heavy atom. The van der Waals surface area contributed by atoms with E-state index in [2.05, 4.69) is 5.32 Å². The SMILES string of the molecule is CC(=O)[C@@H](Cc1ccccc1)NC(=O)COC(=O)C1CC1. The molecule has 0 aromatic heterocycles. The molecule has 112 valence electrons. The van der Waals surface area contributed by atoms with Crippen LogP contribution in [0.25, 0.3) is 0 Å². The average Bonchev–Trinajstić information content (AvgIpc) is 3.29. The van der Waals surface area contributed by atoms with E-state index in [4.69, 9.17) is 4.74 Å². The van der Waals surface area contributed by atoms with Gasteiger partial charge in [0.25, 0.3) is 5.91 Å². The van der Waals surface area contributed by atoms with E-state index in [0.29, 0.717) is 6.42 Å². The summed E-state index contributed by atoms with van der Waals surface area (Å²) in [4.78, 5) is 34.7. The molecule has 1 fully saturated rings. The Morgan fingerprint density at radius 3 is 2.48 bits per heavy atom. The van der Waals surface area contributed by atoms with Crippen LogP contribution in [0, 0.1) is 5.92 Å². The largest absolute Gasteiger partial charge is 0.455 e. The smallest absolute Gasteiger partial charge is 0.309 e. The third kappa shape index (κ3) is 5.02. The van der Waals surface area contributed by atoms with Gasteiger partial charge in [0, 0.05) is 0 Å². The summed E-state index contributed by atoms with van der Waals surface area (Å²) in [6.07, 6.45) is 2.10. The normalized spacial score (nSPS) is 15.1. The summed E-state index contributed by atoms with van der Waals surface area (Å²) >= 11 is 0. The number of ether oxygens (including phenoxy) is 1. The van der Waals surface area contributed by atoms with E-state index < -0.39 is 11.9 Å². The van der Waals surface area contributed by atoms with Crippen molar-refractivity contribution in [3.05, 3.63) is 35.9 Å². The molecule has 0 bridgehead atoms. The first-order valence-corrected chi connectivity index (χ1v) is 7.06. The van der Waals surface area contributed by atoms with Crippen LogP contribution in [0.4, 0.5) is 0 Å². The van der Waals surface area contributed by atoms with E-state index in [0.717, 1.165) is 18.4 Å². The topological polar surface area (TPSA) is 72.5 Å². The van der Waals surface area contributed by atoms with Gasteiger partial charge in [-0.1, -0.05) is 30.3 Å². The quantitative estimate of drug-likeness (QED) is 0.767. The molecule has 0 saturated heterocycles. The lowest BCUT2D eigenvalue weighted by Gasteiger charge is -2.16. The van der Waals surface area contributed by atoms with Crippen LogP contribution in [-0.2, 0) is 25.5 Å².